The lowest BCUT2D eigenvalue weighted by atomic mass is 10.2. The number of nitriles is 1. The van der Waals surface area contributed by atoms with Crippen molar-refractivity contribution in [2.24, 2.45) is 7.05 Å². The van der Waals surface area contributed by atoms with Crippen LogP contribution in [0.3, 0.4) is 0 Å². The van der Waals surface area contributed by atoms with Crippen molar-refractivity contribution >= 4 is 28.9 Å². The maximum absolute atomic E-state index is 8.90. The smallest absolute Gasteiger partial charge is 0.167 e. The van der Waals surface area contributed by atoms with Crippen molar-refractivity contribution in [3.63, 3.8) is 0 Å². The molecule has 28 heavy (non-hydrogen) atoms. The van der Waals surface area contributed by atoms with Crippen LogP contribution < -0.4 is 9.46 Å². The highest BCUT2D eigenvalue weighted by Crippen LogP contribution is 2.29. The second-order valence-corrected chi connectivity index (χ2v) is 6.84. The maximum Gasteiger partial charge on any atom is 0.167 e. The molecular formula is C20H16N6OS. The Kier molecular flexibility index (Phi) is 4.83. The fraction of sp³-hybridized carbons (Fsp3) is 0.100. The monoisotopic (exact) mass is 388 g/mol. The van der Waals surface area contributed by atoms with Crippen molar-refractivity contribution in [2.45, 2.75) is 4.90 Å². The SMILES string of the molecule is COc1ccc(-c2nc3c(NSc4ccc(C#N)cc4)ncnc3n2C)cc1. The van der Waals surface area contributed by atoms with Gasteiger partial charge in [0.2, 0.25) is 0 Å². The lowest BCUT2D eigenvalue weighted by molar-refractivity contribution is 0.415. The number of methoxy groups -OCH3 is 1. The molecule has 0 aliphatic carbocycles. The molecule has 7 nitrogen and oxygen atoms in total. The Bertz CT molecular complexity index is 1160. The van der Waals surface area contributed by atoms with E-state index in [4.69, 9.17) is 15.0 Å². The van der Waals surface area contributed by atoms with Gasteiger partial charge in [0, 0.05) is 17.5 Å². The normalized spacial score (nSPS) is 10.6. The Morgan fingerprint density at radius 2 is 1.82 bits per heavy atom. The van der Waals surface area contributed by atoms with E-state index in [9.17, 15) is 0 Å². The second kappa shape index (κ2) is 7.58. The summed E-state index contributed by atoms with van der Waals surface area (Å²) in [6.07, 6.45) is 1.52. The van der Waals surface area contributed by atoms with Crippen molar-refractivity contribution in [1.82, 2.24) is 19.5 Å². The summed E-state index contributed by atoms with van der Waals surface area (Å²) in [6.45, 7) is 0. The Hall–Kier alpha value is -3.57. The van der Waals surface area contributed by atoms with Gasteiger partial charge in [0.1, 0.15) is 17.9 Å². The number of hydrogen-bond donors (Lipinski definition) is 1. The summed E-state index contributed by atoms with van der Waals surface area (Å²) >= 11 is 1.41. The van der Waals surface area contributed by atoms with E-state index in [1.54, 1.807) is 19.2 Å². The van der Waals surface area contributed by atoms with Crippen LogP contribution in [-0.2, 0) is 7.05 Å². The summed E-state index contributed by atoms with van der Waals surface area (Å²) in [5.74, 6) is 2.22. The Labute approximate surface area is 166 Å². The largest absolute Gasteiger partial charge is 0.497 e. The zero-order valence-corrected chi connectivity index (χ0v) is 16.1. The molecule has 4 aromatic rings. The molecule has 0 amide bonds. The minimum Gasteiger partial charge on any atom is -0.497 e. The summed E-state index contributed by atoms with van der Waals surface area (Å²) in [4.78, 5) is 14.4. The molecule has 2 aromatic heterocycles. The molecule has 4 rings (SSSR count). The first kappa shape index (κ1) is 17.8. The minimum atomic E-state index is 0.627. The minimum absolute atomic E-state index is 0.627. The number of rotatable bonds is 5. The third-order valence-electron chi connectivity index (χ3n) is 4.25. The number of ether oxygens (including phenoxy) is 1. The van der Waals surface area contributed by atoms with Crippen molar-refractivity contribution in [1.29, 1.82) is 5.26 Å². The summed E-state index contributed by atoms with van der Waals surface area (Å²) in [6, 6.07) is 17.2. The van der Waals surface area contributed by atoms with E-state index in [0.717, 1.165) is 27.7 Å². The molecule has 8 heteroatoms. The zero-order chi connectivity index (χ0) is 19.5. The number of nitrogens with one attached hydrogen (secondary N) is 1. The number of aryl methyl sites for hydroxylation is 1. The van der Waals surface area contributed by atoms with E-state index in [0.29, 0.717) is 16.9 Å². The summed E-state index contributed by atoms with van der Waals surface area (Å²) < 4.78 is 10.4. The summed E-state index contributed by atoms with van der Waals surface area (Å²) in [5.41, 5.74) is 3.02. The molecule has 1 N–H and O–H groups in total. The second-order valence-electron chi connectivity index (χ2n) is 5.96. The molecule has 2 heterocycles. The number of nitrogens with zero attached hydrogens (tertiary/aromatic N) is 5. The molecule has 0 fully saturated rings. The van der Waals surface area contributed by atoms with Gasteiger partial charge in [-0.2, -0.15) is 5.26 Å². The summed E-state index contributed by atoms with van der Waals surface area (Å²) in [7, 11) is 3.57. The third-order valence-corrected chi connectivity index (χ3v) is 5.06. The van der Waals surface area contributed by atoms with Crippen LogP contribution in [0, 0.1) is 11.3 Å². The van der Waals surface area contributed by atoms with Crippen molar-refractivity contribution in [3.05, 3.63) is 60.4 Å². The number of imidazole rings is 1. The van der Waals surface area contributed by atoms with Crippen molar-refractivity contribution in [2.75, 3.05) is 11.8 Å². The zero-order valence-electron chi connectivity index (χ0n) is 15.2. The van der Waals surface area contributed by atoms with Gasteiger partial charge >= 0.3 is 0 Å². The molecular weight excluding hydrogens is 372 g/mol. The van der Waals surface area contributed by atoms with Gasteiger partial charge in [0.05, 0.1) is 18.7 Å². The Morgan fingerprint density at radius 3 is 2.50 bits per heavy atom. The first-order valence-corrected chi connectivity index (χ1v) is 9.26. The lowest BCUT2D eigenvalue weighted by Crippen LogP contribution is -1.96. The topological polar surface area (TPSA) is 88.7 Å². The predicted octanol–water partition coefficient (Wildman–Crippen LogP) is 4.03. The fourth-order valence-electron chi connectivity index (χ4n) is 2.78. The van der Waals surface area contributed by atoms with Crippen molar-refractivity contribution in [3.8, 4) is 23.2 Å². The van der Waals surface area contributed by atoms with E-state index in [1.807, 2.05) is 48.0 Å². The molecule has 0 bridgehead atoms. The maximum atomic E-state index is 8.90. The number of fused-ring (bicyclic) bond motifs is 1. The lowest BCUT2D eigenvalue weighted by Gasteiger charge is -2.05. The van der Waals surface area contributed by atoms with E-state index in [1.165, 1.54) is 18.3 Å². The molecule has 0 aliphatic heterocycles. The van der Waals surface area contributed by atoms with Crippen LogP contribution in [0.25, 0.3) is 22.6 Å². The number of aromatic nitrogens is 4. The highest BCUT2D eigenvalue weighted by atomic mass is 32.2. The number of anilines is 1. The molecule has 0 saturated carbocycles. The Morgan fingerprint density at radius 1 is 1.07 bits per heavy atom. The molecule has 138 valence electrons. The molecule has 0 spiro atoms. The van der Waals surface area contributed by atoms with Crippen LogP contribution in [-0.4, -0.2) is 26.6 Å². The first-order chi connectivity index (χ1) is 13.7. The van der Waals surface area contributed by atoms with Crippen LogP contribution >= 0.6 is 11.9 Å². The molecule has 0 radical (unpaired) electrons. The van der Waals surface area contributed by atoms with Gasteiger partial charge in [-0.3, -0.25) is 0 Å². The number of benzene rings is 2. The van der Waals surface area contributed by atoms with E-state index < -0.39 is 0 Å². The van der Waals surface area contributed by atoms with E-state index in [-0.39, 0.29) is 0 Å². The van der Waals surface area contributed by atoms with Gasteiger partial charge in [0.25, 0.3) is 0 Å². The standard InChI is InChI=1S/C20H16N6OS/c1-26-19(14-5-7-15(27-2)8-6-14)24-17-18(22-12-23-20(17)26)25-28-16-9-3-13(11-21)4-10-16/h3-10,12H,1-2H3,(H,22,23,25). The molecule has 0 atom stereocenters. The van der Waals surface area contributed by atoms with Gasteiger partial charge in [-0.25, -0.2) is 15.0 Å². The van der Waals surface area contributed by atoms with Gasteiger partial charge in [0.15, 0.2) is 17.0 Å². The van der Waals surface area contributed by atoms with E-state index in [2.05, 4.69) is 20.8 Å². The molecule has 0 saturated heterocycles. The van der Waals surface area contributed by atoms with Gasteiger partial charge in [-0.1, -0.05) is 0 Å². The fourth-order valence-corrected chi connectivity index (χ4v) is 3.41. The quantitative estimate of drug-likeness (QED) is 0.516. The highest BCUT2D eigenvalue weighted by Gasteiger charge is 2.15. The molecule has 2 aromatic carbocycles. The van der Waals surface area contributed by atoms with E-state index >= 15 is 0 Å². The van der Waals surface area contributed by atoms with Crippen LogP contribution in [0.5, 0.6) is 5.75 Å². The summed E-state index contributed by atoms with van der Waals surface area (Å²) in [5, 5.41) is 8.90. The van der Waals surface area contributed by atoms with Gasteiger partial charge in [-0.15, -0.1) is 0 Å². The first-order valence-electron chi connectivity index (χ1n) is 8.44. The highest BCUT2D eigenvalue weighted by molar-refractivity contribution is 8.00. The average Bonchev–Trinajstić information content (AvgIpc) is 3.10. The van der Waals surface area contributed by atoms with Crippen LogP contribution in [0.4, 0.5) is 5.82 Å². The van der Waals surface area contributed by atoms with Crippen LogP contribution in [0.2, 0.25) is 0 Å². The Balaban J connectivity index is 1.65. The molecule has 0 unspecified atom stereocenters. The number of hydrogen-bond acceptors (Lipinski definition) is 7. The van der Waals surface area contributed by atoms with Crippen LogP contribution in [0.15, 0.2) is 59.8 Å². The average molecular weight is 388 g/mol. The van der Waals surface area contributed by atoms with Crippen molar-refractivity contribution < 1.29 is 4.74 Å². The predicted molar refractivity (Wildman–Crippen MR) is 109 cm³/mol. The van der Waals surface area contributed by atoms with Crippen LogP contribution in [0.1, 0.15) is 5.56 Å². The third kappa shape index (κ3) is 3.35. The van der Waals surface area contributed by atoms with Gasteiger partial charge in [-0.05, 0) is 60.5 Å². The van der Waals surface area contributed by atoms with Gasteiger partial charge < -0.3 is 14.0 Å². The molecule has 0 aliphatic rings.